The molecule has 0 amide bonds. The maximum Gasteiger partial charge on any atom is 0.342 e. The van der Waals surface area contributed by atoms with Crippen molar-refractivity contribution >= 4 is 40.2 Å². The fourth-order valence-corrected chi connectivity index (χ4v) is 8.21. The molecule has 0 fully saturated rings. The molecule has 4 rings (SSSR count). The van der Waals surface area contributed by atoms with Crippen LogP contribution in [-0.4, -0.2) is 53.4 Å². The number of rotatable bonds is 16. The highest BCUT2D eigenvalue weighted by Gasteiger charge is 2.38. The van der Waals surface area contributed by atoms with E-state index in [-0.39, 0.29) is 25.0 Å². The van der Waals surface area contributed by atoms with E-state index >= 15 is 0 Å². The van der Waals surface area contributed by atoms with E-state index in [0.717, 1.165) is 51.0 Å². The summed E-state index contributed by atoms with van der Waals surface area (Å²) >= 11 is 0. The number of benzene rings is 2. The number of cyclic esters (lactones) is 2. The van der Waals surface area contributed by atoms with E-state index < -0.39 is 28.0 Å². The highest BCUT2D eigenvalue weighted by atomic mass is 28.3. The summed E-state index contributed by atoms with van der Waals surface area (Å²) in [6.07, 6.45) is 4.11. The van der Waals surface area contributed by atoms with Crippen molar-refractivity contribution in [3.05, 3.63) is 67.3 Å². The second kappa shape index (κ2) is 15.2. The van der Waals surface area contributed by atoms with Crippen molar-refractivity contribution in [1.29, 1.82) is 0 Å². The van der Waals surface area contributed by atoms with Crippen LogP contribution in [0.2, 0.25) is 51.4 Å². The Balaban J connectivity index is 1.79. The van der Waals surface area contributed by atoms with E-state index in [9.17, 15) is 19.2 Å². The zero-order chi connectivity index (χ0) is 36.4. The van der Waals surface area contributed by atoms with Crippen LogP contribution in [0.1, 0.15) is 91.9 Å². The van der Waals surface area contributed by atoms with Gasteiger partial charge in [-0.2, -0.15) is 0 Å². The number of ketones is 1. The van der Waals surface area contributed by atoms with Gasteiger partial charge in [-0.3, -0.25) is 4.79 Å². The summed E-state index contributed by atoms with van der Waals surface area (Å²) in [6.45, 7) is 24.5. The quantitative estimate of drug-likeness (QED) is 0.0565. The third-order valence-corrected chi connectivity index (χ3v) is 13.2. The summed E-state index contributed by atoms with van der Waals surface area (Å²) in [5, 5.41) is 0. The molecule has 2 heterocycles. The van der Waals surface area contributed by atoms with Crippen LogP contribution in [0.5, 0.6) is 11.5 Å². The molecule has 8 nitrogen and oxygen atoms in total. The minimum atomic E-state index is -1.49. The molecule has 2 aliphatic heterocycles. The minimum Gasteiger partial charge on any atom is -0.493 e. The van der Waals surface area contributed by atoms with Gasteiger partial charge in [-0.25, -0.2) is 9.59 Å². The number of hydrogen-bond acceptors (Lipinski definition) is 8. The first-order valence-corrected chi connectivity index (χ1v) is 25.0. The van der Waals surface area contributed by atoms with Gasteiger partial charge < -0.3 is 23.7 Å². The number of Topliss-reactive ketones (excluding diaryl/α,β-unsaturated/α-hetero) is 1. The Morgan fingerprint density at radius 3 is 1.71 bits per heavy atom. The van der Waals surface area contributed by atoms with Crippen molar-refractivity contribution in [2.24, 2.45) is 0 Å². The Morgan fingerprint density at radius 2 is 1.24 bits per heavy atom. The number of carbonyl (C=O) groups is 4. The summed E-state index contributed by atoms with van der Waals surface area (Å²) in [7, 11) is -2.91. The summed E-state index contributed by atoms with van der Waals surface area (Å²) < 4.78 is 23.7. The number of carbonyl (C=O) groups excluding carboxylic acids is 4. The summed E-state index contributed by atoms with van der Waals surface area (Å²) in [5.74, 6) is -1.56. The third-order valence-electron chi connectivity index (χ3n) is 9.81. The molecule has 1 atom stereocenters. The highest BCUT2D eigenvalue weighted by Crippen LogP contribution is 2.43. The van der Waals surface area contributed by atoms with Crippen LogP contribution < -0.4 is 9.47 Å². The topological polar surface area (TPSA) is 105 Å². The van der Waals surface area contributed by atoms with Crippen LogP contribution in [0.25, 0.3) is 0 Å². The first-order valence-electron chi connectivity index (χ1n) is 17.6. The predicted molar refractivity (Wildman–Crippen MR) is 198 cm³/mol. The molecule has 0 spiro atoms. The predicted octanol–water partition coefficient (Wildman–Crippen LogP) is 8.24. The maximum atomic E-state index is 14.3. The Bertz CT molecular complexity index is 1690. The van der Waals surface area contributed by atoms with Crippen LogP contribution in [0, 0.1) is 13.8 Å². The molecule has 0 aliphatic carbocycles. The van der Waals surface area contributed by atoms with Gasteiger partial charge in [0.2, 0.25) is 0 Å². The maximum absolute atomic E-state index is 14.3. The van der Waals surface area contributed by atoms with E-state index in [2.05, 4.69) is 46.2 Å². The number of aldehydes is 1. The number of fused-ring (bicyclic) bond motifs is 2. The fraction of sp³-hybridized carbons (Fsp3) is 0.538. The molecular formula is C39H54O8Si2. The number of esters is 2. The average Bonchev–Trinajstić information content (AvgIpc) is 3.60. The van der Waals surface area contributed by atoms with Crippen LogP contribution >= 0.6 is 0 Å². The molecule has 0 aromatic heterocycles. The van der Waals surface area contributed by atoms with Gasteiger partial charge in [-0.05, 0) is 79.9 Å². The fourth-order valence-electron chi connectivity index (χ4n) is 6.78. The van der Waals surface area contributed by atoms with E-state index in [0.29, 0.717) is 72.5 Å². The molecule has 266 valence electrons. The molecular weight excluding hydrogens is 653 g/mol. The van der Waals surface area contributed by atoms with Gasteiger partial charge in [-0.15, -0.1) is 0 Å². The van der Waals surface area contributed by atoms with E-state index in [1.54, 1.807) is 6.92 Å². The van der Waals surface area contributed by atoms with E-state index in [4.69, 9.17) is 18.9 Å². The second-order valence-corrected chi connectivity index (χ2v) is 27.0. The summed E-state index contributed by atoms with van der Waals surface area (Å²) in [4.78, 5) is 53.3. The number of allylic oxidation sites excluding steroid dienone is 2. The first-order chi connectivity index (χ1) is 22.9. The van der Waals surface area contributed by atoms with Crippen molar-refractivity contribution in [2.45, 2.75) is 124 Å². The standard InChI is InChI=1S/C39H54O8Si2/c1-12-26-24(4)30-21-46-38(42)33(30)36(44-16-18-48(6,7)8)28(26)15-14-23(3)35(41)29(20-40)32-27(13-2)25(5)31-22-47-39(43)34(31)37(32)45-17-19-49(9,10)11/h14,20,29H,12-13,15-19,21-22H2,1-11H3. The molecule has 10 heteroatoms. The second-order valence-electron chi connectivity index (χ2n) is 15.7. The third kappa shape index (κ3) is 8.12. The lowest BCUT2D eigenvalue weighted by Gasteiger charge is -2.25. The summed E-state index contributed by atoms with van der Waals surface area (Å²) in [6, 6.07) is 1.77. The summed E-state index contributed by atoms with van der Waals surface area (Å²) in [5.41, 5.74) is 7.93. The minimum absolute atomic E-state index is 0.145. The lowest BCUT2D eigenvalue weighted by molar-refractivity contribution is -0.121. The number of ether oxygens (including phenoxy) is 4. The largest absolute Gasteiger partial charge is 0.493 e. The molecule has 2 aromatic carbocycles. The molecule has 0 saturated carbocycles. The van der Waals surface area contributed by atoms with Gasteiger partial charge >= 0.3 is 11.9 Å². The van der Waals surface area contributed by atoms with Gasteiger partial charge in [-0.1, -0.05) is 59.2 Å². The van der Waals surface area contributed by atoms with Crippen molar-refractivity contribution in [3.63, 3.8) is 0 Å². The average molecular weight is 707 g/mol. The molecule has 2 aromatic rings. The Morgan fingerprint density at radius 1 is 0.776 bits per heavy atom. The van der Waals surface area contributed by atoms with Crippen LogP contribution in [-0.2, 0) is 51.5 Å². The van der Waals surface area contributed by atoms with Gasteiger partial charge in [0.05, 0.1) is 13.2 Å². The van der Waals surface area contributed by atoms with E-state index in [1.807, 2.05) is 26.8 Å². The molecule has 0 saturated heterocycles. The van der Waals surface area contributed by atoms with Gasteiger partial charge in [0, 0.05) is 38.4 Å². The molecule has 0 radical (unpaired) electrons. The van der Waals surface area contributed by atoms with Crippen LogP contribution in [0.15, 0.2) is 11.6 Å². The van der Waals surface area contributed by atoms with Gasteiger partial charge in [0.15, 0.2) is 5.78 Å². The Kier molecular flexibility index (Phi) is 11.9. The SMILES string of the molecule is CCc1c(C)c2c(c(OCC[Si](C)(C)C)c1CC=C(C)C(=O)C(C=O)c1c(CC)c(C)c3c(c1OCC[Si](C)(C)C)C(=O)OC3)C(=O)OC2. The lowest BCUT2D eigenvalue weighted by atomic mass is 9.81. The molecule has 1 unspecified atom stereocenters. The normalized spacial score (nSPS) is 15.0. The Hall–Kier alpha value is -3.51. The van der Waals surface area contributed by atoms with Crippen LogP contribution in [0.3, 0.4) is 0 Å². The van der Waals surface area contributed by atoms with Crippen LogP contribution in [0.4, 0.5) is 0 Å². The van der Waals surface area contributed by atoms with Crippen molar-refractivity contribution in [3.8, 4) is 11.5 Å². The van der Waals surface area contributed by atoms with E-state index in [1.165, 1.54) is 0 Å². The first kappa shape index (κ1) is 38.3. The van der Waals surface area contributed by atoms with Gasteiger partial charge in [0.25, 0.3) is 0 Å². The molecule has 0 N–H and O–H groups in total. The number of hydrogen-bond donors (Lipinski definition) is 0. The monoisotopic (exact) mass is 706 g/mol. The van der Waals surface area contributed by atoms with Crippen molar-refractivity contribution in [1.82, 2.24) is 0 Å². The zero-order valence-electron chi connectivity index (χ0n) is 31.4. The molecule has 0 bridgehead atoms. The molecule has 2 aliphatic rings. The molecule has 49 heavy (non-hydrogen) atoms. The zero-order valence-corrected chi connectivity index (χ0v) is 33.4. The van der Waals surface area contributed by atoms with Crippen molar-refractivity contribution < 1.29 is 38.1 Å². The highest BCUT2D eigenvalue weighted by molar-refractivity contribution is 6.76. The lowest BCUT2D eigenvalue weighted by Crippen LogP contribution is -2.24. The smallest absolute Gasteiger partial charge is 0.342 e. The van der Waals surface area contributed by atoms with Gasteiger partial charge in [0.1, 0.15) is 48.0 Å². The Labute approximate surface area is 294 Å². The van der Waals surface area contributed by atoms with Crippen molar-refractivity contribution in [2.75, 3.05) is 13.2 Å².